The maximum absolute atomic E-state index is 13.2. The smallest absolute Gasteiger partial charge is 0.238 e. The first-order chi connectivity index (χ1) is 15.7. The zero-order chi connectivity index (χ0) is 21.9. The van der Waals surface area contributed by atoms with Crippen LogP contribution < -0.4 is 10.2 Å². The highest BCUT2D eigenvalue weighted by atomic mass is 32.2. The Labute approximate surface area is 192 Å². The van der Waals surface area contributed by atoms with Gasteiger partial charge in [-0.15, -0.1) is 10.2 Å². The molecule has 1 N–H and O–H groups in total. The number of para-hydroxylation sites is 1. The van der Waals surface area contributed by atoms with Gasteiger partial charge in [0, 0.05) is 19.1 Å². The van der Waals surface area contributed by atoms with Gasteiger partial charge in [0.15, 0.2) is 5.16 Å². The van der Waals surface area contributed by atoms with Crippen molar-refractivity contribution in [1.82, 2.24) is 20.1 Å². The molecular weight excluding hydrogens is 422 g/mol. The predicted octanol–water partition coefficient (Wildman–Crippen LogP) is 3.52. The number of morpholine rings is 1. The van der Waals surface area contributed by atoms with Crippen LogP contribution in [0.5, 0.6) is 0 Å². The van der Waals surface area contributed by atoms with Crippen molar-refractivity contribution in [2.45, 2.75) is 36.2 Å². The SMILES string of the molecule is Cc1ccccc1-n1c(SC(C(=O)NC2CC2)c2ccccc2)nnc1N1CCOCC1. The topological polar surface area (TPSA) is 72.3 Å². The summed E-state index contributed by atoms with van der Waals surface area (Å²) in [5, 5.41) is 12.6. The second-order valence-corrected chi connectivity index (χ2v) is 9.27. The Morgan fingerprint density at radius 3 is 2.50 bits per heavy atom. The van der Waals surface area contributed by atoms with Gasteiger partial charge in [0.2, 0.25) is 11.9 Å². The lowest BCUT2D eigenvalue weighted by atomic mass is 10.1. The van der Waals surface area contributed by atoms with E-state index in [4.69, 9.17) is 4.74 Å². The Hall–Kier alpha value is -2.84. The monoisotopic (exact) mass is 449 g/mol. The highest BCUT2D eigenvalue weighted by molar-refractivity contribution is 8.00. The lowest BCUT2D eigenvalue weighted by Gasteiger charge is -2.28. The molecule has 7 nitrogen and oxygen atoms in total. The third-order valence-corrected chi connectivity index (χ3v) is 6.95. The van der Waals surface area contributed by atoms with E-state index in [0.29, 0.717) is 24.4 Å². The lowest BCUT2D eigenvalue weighted by Crippen LogP contribution is -2.38. The molecule has 2 aromatic carbocycles. The number of carbonyl (C=O) groups excluding carboxylic acids is 1. The molecule has 2 fully saturated rings. The summed E-state index contributed by atoms with van der Waals surface area (Å²) in [4.78, 5) is 15.4. The number of aromatic nitrogens is 3. The summed E-state index contributed by atoms with van der Waals surface area (Å²) in [5.41, 5.74) is 3.11. The number of nitrogens with one attached hydrogen (secondary N) is 1. The van der Waals surface area contributed by atoms with E-state index in [0.717, 1.165) is 48.7 Å². The number of carbonyl (C=O) groups is 1. The molecule has 1 saturated carbocycles. The van der Waals surface area contributed by atoms with E-state index in [9.17, 15) is 4.79 Å². The zero-order valence-electron chi connectivity index (χ0n) is 18.1. The first kappa shape index (κ1) is 21.0. The Bertz CT molecular complexity index is 1080. The number of anilines is 1. The summed E-state index contributed by atoms with van der Waals surface area (Å²) in [6, 6.07) is 18.4. The van der Waals surface area contributed by atoms with Gasteiger partial charge in [-0.1, -0.05) is 60.3 Å². The van der Waals surface area contributed by atoms with Crippen molar-refractivity contribution < 1.29 is 9.53 Å². The Kier molecular flexibility index (Phi) is 6.14. The van der Waals surface area contributed by atoms with Crippen LogP contribution in [0.2, 0.25) is 0 Å². The number of aryl methyl sites for hydroxylation is 1. The van der Waals surface area contributed by atoms with Gasteiger partial charge in [-0.25, -0.2) is 0 Å². The molecule has 1 saturated heterocycles. The molecule has 1 aromatic heterocycles. The summed E-state index contributed by atoms with van der Waals surface area (Å²) >= 11 is 1.45. The Balaban J connectivity index is 1.54. The van der Waals surface area contributed by atoms with Crippen LogP contribution in [0.25, 0.3) is 5.69 Å². The number of ether oxygens (including phenoxy) is 1. The van der Waals surface area contributed by atoms with E-state index in [1.165, 1.54) is 11.8 Å². The number of hydrogen-bond acceptors (Lipinski definition) is 6. The van der Waals surface area contributed by atoms with Crippen LogP contribution in [-0.4, -0.2) is 53.0 Å². The molecule has 1 atom stereocenters. The summed E-state index contributed by atoms with van der Waals surface area (Å²) in [5.74, 6) is 0.815. The van der Waals surface area contributed by atoms with E-state index in [-0.39, 0.29) is 5.91 Å². The molecule has 166 valence electrons. The predicted molar refractivity (Wildman–Crippen MR) is 125 cm³/mol. The summed E-state index contributed by atoms with van der Waals surface area (Å²) in [6.45, 7) is 4.94. The van der Waals surface area contributed by atoms with Crippen LogP contribution in [0, 0.1) is 6.92 Å². The van der Waals surface area contributed by atoms with Gasteiger partial charge in [-0.3, -0.25) is 9.36 Å². The number of rotatable bonds is 7. The average molecular weight is 450 g/mol. The lowest BCUT2D eigenvalue weighted by molar-refractivity contribution is -0.120. The molecule has 0 spiro atoms. The van der Waals surface area contributed by atoms with Crippen LogP contribution in [0.1, 0.15) is 29.2 Å². The largest absolute Gasteiger partial charge is 0.378 e. The quantitative estimate of drug-likeness (QED) is 0.557. The van der Waals surface area contributed by atoms with Gasteiger partial charge in [-0.2, -0.15) is 0 Å². The molecule has 0 radical (unpaired) electrons. The van der Waals surface area contributed by atoms with E-state index >= 15 is 0 Å². The van der Waals surface area contributed by atoms with Crippen LogP contribution in [0.15, 0.2) is 59.8 Å². The number of benzene rings is 2. The number of nitrogens with zero attached hydrogens (tertiary/aromatic N) is 4. The molecule has 2 heterocycles. The summed E-state index contributed by atoms with van der Waals surface area (Å²) in [7, 11) is 0. The van der Waals surface area contributed by atoms with Gasteiger partial charge < -0.3 is 15.0 Å². The molecule has 1 aliphatic carbocycles. The van der Waals surface area contributed by atoms with Crippen molar-refractivity contribution in [2.24, 2.45) is 0 Å². The van der Waals surface area contributed by atoms with Crippen LogP contribution in [0.3, 0.4) is 0 Å². The maximum Gasteiger partial charge on any atom is 0.238 e. The first-order valence-corrected chi connectivity index (χ1v) is 11.9. The molecule has 1 unspecified atom stereocenters. The van der Waals surface area contributed by atoms with Gasteiger partial charge in [0.25, 0.3) is 0 Å². The molecule has 3 aromatic rings. The highest BCUT2D eigenvalue weighted by Crippen LogP contribution is 2.38. The molecule has 2 aliphatic rings. The molecule has 1 aliphatic heterocycles. The van der Waals surface area contributed by atoms with Crippen LogP contribution >= 0.6 is 11.8 Å². The number of thioether (sulfide) groups is 1. The second-order valence-electron chi connectivity index (χ2n) is 8.20. The van der Waals surface area contributed by atoms with Gasteiger partial charge in [0.05, 0.1) is 18.9 Å². The van der Waals surface area contributed by atoms with Crippen molar-refractivity contribution in [3.63, 3.8) is 0 Å². The van der Waals surface area contributed by atoms with Crippen molar-refractivity contribution in [1.29, 1.82) is 0 Å². The van der Waals surface area contributed by atoms with E-state index in [1.54, 1.807) is 0 Å². The maximum atomic E-state index is 13.2. The molecular formula is C24H27N5O2S. The highest BCUT2D eigenvalue weighted by Gasteiger charge is 2.31. The average Bonchev–Trinajstić information content (AvgIpc) is 3.55. The van der Waals surface area contributed by atoms with Crippen LogP contribution in [0.4, 0.5) is 5.95 Å². The minimum atomic E-state index is -0.402. The Morgan fingerprint density at radius 1 is 1.06 bits per heavy atom. The molecule has 8 heteroatoms. The Morgan fingerprint density at radius 2 is 1.78 bits per heavy atom. The number of hydrogen-bond donors (Lipinski definition) is 1. The van der Waals surface area contributed by atoms with Gasteiger partial charge in [0.1, 0.15) is 5.25 Å². The van der Waals surface area contributed by atoms with Crippen molar-refractivity contribution >= 4 is 23.6 Å². The van der Waals surface area contributed by atoms with E-state index in [1.807, 2.05) is 42.5 Å². The fourth-order valence-corrected chi connectivity index (χ4v) is 4.90. The summed E-state index contributed by atoms with van der Waals surface area (Å²) in [6.07, 6.45) is 2.11. The van der Waals surface area contributed by atoms with Crippen molar-refractivity contribution in [3.8, 4) is 5.69 Å². The van der Waals surface area contributed by atoms with Crippen molar-refractivity contribution in [2.75, 3.05) is 31.2 Å². The second kappa shape index (κ2) is 9.34. The van der Waals surface area contributed by atoms with Crippen molar-refractivity contribution in [3.05, 3.63) is 65.7 Å². The first-order valence-electron chi connectivity index (χ1n) is 11.1. The standard InChI is InChI=1S/C24H27N5O2S/c1-17-7-5-6-10-20(17)29-23(28-13-15-31-16-14-28)26-27-24(29)32-21(18-8-3-2-4-9-18)22(30)25-19-11-12-19/h2-10,19,21H,11-16H2,1H3,(H,25,30). The minimum Gasteiger partial charge on any atom is -0.378 e. The molecule has 32 heavy (non-hydrogen) atoms. The minimum absolute atomic E-state index is 0.0240. The fourth-order valence-electron chi connectivity index (χ4n) is 3.84. The van der Waals surface area contributed by atoms with Crippen LogP contribution in [-0.2, 0) is 9.53 Å². The van der Waals surface area contributed by atoms with Gasteiger partial charge in [-0.05, 0) is 37.0 Å². The third-order valence-electron chi connectivity index (χ3n) is 5.75. The molecule has 0 bridgehead atoms. The van der Waals surface area contributed by atoms with E-state index < -0.39 is 5.25 Å². The number of amides is 1. The zero-order valence-corrected chi connectivity index (χ0v) is 18.9. The third kappa shape index (κ3) is 4.52. The summed E-state index contributed by atoms with van der Waals surface area (Å²) < 4.78 is 7.63. The molecule has 1 amide bonds. The molecule has 5 rings (SSSR count). The van der Waals surface area contributed by atoms with E-state index in [2.05, 4.69) is 44.0 Å². The van der Waals surface area contributed by atoms with Gasteiger partial charge >= 0.3 is 0 Å². The normalized spacial score (nSPS) is 17.2. The fraction of sp³-hybridized carbons (Fsp3) is 0.375.